The zero-order valence-corrected chi connectivity index (χ0v) is 17.5. The third kappa shape index (κ3) is 4.73. The lowest BCUT2D eigenvalue weighted by Gasteiger charge is -2.23. The summed E-state index contributed by atoms with van der Waals surface area (Å²) in [5.41, 5.74) is 3.63. The molecule has 0 unspecified atom stereocenters. The van der Waals surface area contributed by atoms with Gasteiger partial charge in [-0.1, -0.05) is 43.0 Å². The maximum Gasteiger partial charge on any atom is 0.261 e. The van der Waals surface area contributed by atoms with Crippen LogP contribution in [-0.2, 0) is 10.0 Å². The third-order valence-corrected chi connectivity index (χ3v) is 6.69. The Kier molecular flexibility index (Phi) is 6.08. The number of nitrogens with one attached hydrogen (secondary N) is 2. The molecular weight excluding hydrogens is 372 g/mol. The van der Waals surface area contributed by atoms with Crippen LogP contribution >= 0.6 is 0 Å². The Hall–Kier alpha value is -2.34. The average molecular weight is 401 g/mol. The second-order valence-corrected chi connectivity index (χ2v) is 9.39. The summed E-state index contributed by atoms with van der Waals surface area (Å²) in [6.45, 7) is 5.65. The summed E-state index contributed by atoms with van der Waals surface area (Å²) in [5.74, 6) is -0.201. The monoisotopic (exact) mass is 400 g/mol. The van der Waals surface area contributed by atoms with E-state index < -0.39 is 10.0 Å². The Bertz CT molecular complexity index is 977. The molecule has 5 nitrogen and oxygen atoms in total. The van der Waals surface area contributed by atoms with E-state index in [2.05, 4.69) is 10.0 Å². The number of carbonyl (C=O) groups is 1. The quantitative estimate of drug-likeness (QED) is 0.777. The van der Waals surface area contributed by atoms with Crippen molar-refractivity contribution in [2.45, 2.75) is 63.8 Å². The minimum Gasteiger partial charge on any atom is -0.349 e. The molecule has 1 fully saturated rings. The first kappa shape index (κ1) is 20.4. The first-order valence-corrected chi connectivity index (χ1v) is 11.3. The number of hydrogen-bond donors (Lipinski definition) is 2. The first-order chi connectivity index (χ1) is 13.3. The molecule has 2 aromatic rings. The van der Waals surface area contributed by atoms with E-state index in [0.717, 1.165) is 42.4 Å². The van der Waals surface area contributed by atoms with E-state index in [0.29, 0.717) is 11.3 Å². The highest BCUT2D eigenvalue weighted by atomic mass is 32.2. The molecule has 28 heavy (non-hydrogen) atoms. The molecule has 0 heterocycles. The summed E-state index contributed by atoms with van der Waals surface area (Å²) in [5, 5.41) is 3.07. The summed E-state index contributed by atoms with van der Waals surface area (Å²) in [6.07, 6.45) is 5.42. The van der Waals surface area contributed by atoms with E-state index in [1.807, 2.05) is 32.9 Å². The summed E-state index contributed by atoms with van der Waals surface area (Å²) in [6, 6.07) is 10.4. The SMILES string of the molecule is Cc1ccc(NS(=O)(=O)c2ccc(C)c(C(=O)NC3CCCCC3)c2)c(C)c1. The van der Waals surface area contributed by atoms with Crippen LogP contribution in [0, 0.1) is 20.8 Å². The lowest BCUT2D eigenvalue weighted by molar-refractivity contribution is 0.0927. The van der Waals surface area contributed by atoms with Crippen molar-refractivity contribution >= 4 is 21.6 Å². The van der Waals surface area contributed by atoms with Gasteiger partial charge in [-0.3, -0.25) is 9.52 Å². The third-order valence-electron chi connectivity index (χ3n) is 5.33. The van der Waals surface area contributed by atoms with E-state index in [-0.39, 0.29) is 16.8 Å². The minimum absolute atomic E-state index is 0.0897. The van der Waals surface area contributed by atoms with E-state index in [4.69, 9.17) is 0 Å². The van der Waals surface area contributed by atoms with E-state index in [1.54, 1.807) is 18.2 Å². The molecule has 0 atom stereocenters. The van der Waals surface area contributed by atoms with Gasteiger partial charge in [-0.2, -0.15) is 0 Å². The normalized spacial score (nSPS) is 15.2. The molecule has 0 spiro atoms. The standard InChI is InChI=1S/C22H28N2O3S/c1-15-9-12-21(17(3)13-15)24-28(26,27)19-11-10-16(2)20(14-19)22(25)23-18-7-5-4-6-8-18/h9-14,18,24H,4-8H2,1-3H3,(H,23,25). The molecule has 150 valence electrons. The highest BCUT2D eigenvalue weighted by molar-refractivity contribution is 7.92. The van der Waals surface area contributed by atoms with Gasteiger partial charge < -0.3 is 5.32 Å². The molecule has 6 heteroatoms. The van der Waals surface area contributed by atoms with Gasteiger partial charge in [0.15, 0.2) is 0 Å². The van der Waals surface area contributed by atoms with Crippen LogP contribution in [0.5, 0.6) is 0 Å². The van der Waals surface area contributed by atoms with Gasteiger partial charge in [0.2, 0.25) is 0 Å². The molecule has 0 saturated heterocycles. The lowest BCUT2D eigenvalue weighted by Crippen LogP contribution is -2.36. The summed E-state index contributed by atoms with van der Waals surface area (Å²) in [7, 11) is -3.78. The number of anilines is 1. The zero-order valence-electron chi connectivity index (χ0n) is 16.7. The number of hydrogen-bond acceptors (Lipinski definition) is 3. The molecule has 2 N–H and O–H groups in total. The Morgan fingerprint density at radius 3 is 2.32 bits per heavy atom. The van der Waals surface area contributed by atoms with Crippen molar-refractivity contribution in [3.8, 4) is 0 Å². The van der Waals surface area contributed by atoms with Gasteiger partial charge in [0.05, 0.1) is 10.6 Å². The first-order valence-electron chi connectivity index (χ1n) is 9.78. The zero-order chi connectivity index (χ0) is 20.3. The number of amides is 1. The molecule has 1 saturated carbocycles. The Labute approximate surface area is 167 Å². The number of carbonyl (C=O) groups excluding carboxylic acids is 1. The average Bonchev–Trinajstić information content (AvgIpc) is 2.65. The van der Waals surface area contributed by atoms with Crippen molar-refractivity contribution in [2.24, 2.45) is 0 Å². The van der Waals surface area contributed by atoms with Crippen molar-refractivity contribution < 1.29 is 13.2 Å². The van der Waals surface area contributed by atoms with Crippen LogP contribution in [0.2, 0.25) is 0 Å². The minimum atomic E-state index is -3.78. The largest absolute Gasteiger partial charge is 0.349 e. The smallest absolute Gasteiger partial charge is 0.261 e. The van der Waals surface area contributed by atoms with Crippen LogP contribution in [0.25, 0.3) is 0 Å². The van der Waals surface area contributed by atoms with Gasteiger partial charge in [-0.25, -0.2) is 8.42 Å². The van der Waals surface area contributed by atoms with Gasteiger partial charge in [0.1, 0.15) is 0 Å². The van der Waals surface area contributed by atoms with Crippen LogP contribution < -0.4 is 10.0 Å². The van der Waals surface area contributed by atoms with Crippen LogP contribution in [-0.4, -0.2) is 20.4 Å². The van der Waals surface area contributed by atoms with E-state index >= 15 is 0 Å². The van der Waals surface area contributed by atoms with Crippen molar-refractivity contribution in [1.82, 2.24) is 5.32 Å². The van der Waals surface area contributed by atoms with Crippen molar-refractivity contribution in [2.75, 3.05) is 4.72 Å². The van der Waals surface area contributed by atoms with Gasteiger partial charge in [0.25, 0.3) is 15.9 Å². The second kappa shape index (κ2) is 8.35. The fourth-order valence-corrected chi connectivity index (χ4v) is 4.81. The Balaban J connectivity index is 1.83. The maximum absolute atomic E-state index is 12.9. The Morgan fingerprint density at radius 1 is 0.929 bits per heavy atom. The molecule has 0 radical (unpaired) electrons. The summed E-state index contributed by atoms with van der Waals surface area (Å²) in [4.78, 5) is 12.8. The number of rotatable bonds is 5. The molecule has 0 aliphatic heterocycles. The van der Waals surface area contributed by atoms with Crippen LogP contribution in [0.1, 0.15) is 59.2 Å². The molecule has 0 bridgehead atoms. The molecule has 1 aliphatic rings. The number of sulfonamides is 1. The molecule has 3 rings (SSSR count). The number of aryl methyl sites for hydroxylation is 3. The molecule has 1 amide bonds. The highest BCUT2D eigenvalue weighted by Gasteiger charge is 2.21. The summed E-state index contributed by atoms with van der Waals surface area (Å²) < 4.78 is 28.4. The lowest BCUT2D eigenvalue weighted by atomic mass is 9.95. The second-order valence-electron chi connectivity index (χ2n) is 7.71. The van der Waals surface area contributed by atoms with Gasteiger partial charge in [0, 0.05) is 11.6 Å². The molecule has 1 aliphatic carbocycles. The Morgan fingerprint density at radius 2 is 1.64 bits per heavy atom. The van der Waals surface area contributed by atoms with Crippen LogP contribution in [0.4, 0.5) is 5.69 Å². The van der Waals surface area contributed by atoms with Crippen molar-refractivity contribution in [3.05, 3.63) is 58.7 Å². The van der Waals surface area contributed by atoms with Gasteiger partial charge >= 0.3 is 0 Å². The molecule has 0 aromatic heterocycles. The highest BCUT2D eigenvalue weighted by Crippen LogP contribution is 2.23. The predicted octanol–water partition coefficient (Wildman–Crippen LogP) is 4.48. The maximum atomic E-state index is 12.9. The number of benzene rings is 2. The van der Waals surface area contributed by atoms with Crippen molar-refractivity contribution in [1.29, 1.82) is 0 Å². The van der Waals surface area contributed by atoms with Gasteiger partial charge in [-0.05, 0) is 62.9 Å². The van der Waals surface area contributed by atoms with Gasteiger partial charge in [-0.15, -0.1) is 0 Å². The van der Waals surface area contributed by atoms with E-state index in [9.17, 15) is 13.2 Å². The predicted molar refractivity (Wildman–Crippen MR) is 112 cm³/mol. The van der Waals surface area contributed by atoms with E-state index in [1.165, 1.54) is 12.5 Å². The fraction of sp³-hybridized carbons (Fsp3) is 0.409. The topological polar surface area (TPSA) is 75.3 Å². The summed E-state index contributed by atoms with van der Waals surface area (Å²) >= 11 is 0. The molecule has 2 aromatic carbocycles. The van der Waals surface area contributed by atoms with Crippen LogP contribution in [0.15, 0.2) is 41.3 Å². The molecular formula is C22H28N2O3S. The van der Waals surface area contributed by atoms with Crippen molar-refractivity contribution in [3.63, 3.8) is 0 Å². The van der Waals surface area contributed by atoms with Crippen LogP contribution in [0.3, 0.4) is 0 Å². The fourth-order valence-electron chi connectivity index (χ4n) is 3.65.